The monoisotopic (exact) mass is 277 g/mol. The van der Waals surface area contributed by atoms with E-state index in [1.807, 2.05) is 13.0 Å². The molecule has 1 aromatic carbocycles. The fourth-order valence-electron chi connectivity index (χ4n) is 2.00. The molecule has 0 aromatic heterocycles. The van der Waals surface area contributed by atoms with Crippen molar-refractivity contribution in [3.63, 3.8) is 0 Å². The van der Waals surface area contributed by atoms with Crippen molar-refractivity contribution in [2.24, 2.45) is 10.9 Å². The molecule has 5 heteroatoms. The molecule has 0 radical (unpaired) electrons. The van der Waals surface area contributed by atoms with Crippen LogP contribution < -0.4 is 15.4 Å². The normalized spacial score (nSPS) is 21.4. The van der Waals surface area contributed by atoms with Gasteiger partial charge in [-0.25, -0.2) is 4.99 Å². The van der Waals surface area contributed by atoms with Crippen LogP contribution in [0.5, 0.6) is 11.5 Å². The molecule has 0 saturated heterocycles. The lowest BCUT2D eigenvalue weighted by Crippen LogP contribution is -2.39. The van der Waals surface area contributed by atoms with E-state index in [1.54, 1.807) is 19.2 Å². The number of hydrogen-bond acceptors (Lipinski definition) is 3. The van der Waals surface area contributed by atoms with Gasteiger partial charge in [0.2, 0.25) is 0 Å². The molecule has 0 amide bonds. The molecule has 1 aromatic rings. The van der Waals surface area contributed by atoms with E-state index in [2.05, 4.69) is 22.5 Å². The van der Waals surface area contributed by atoms with Crippen molar-refractivity contribution in [1.29, 1.82) is 0 Å². The number of nitrogens with one attached hydrogen (secondary N) is 2. The van der Waals surface area contributed by atoms with Crippen LogP contribution in [0, 0.1) is 5.92 Å². The van der Waals surface area contributed by atoms with Crippen molar-refractivity contribution in [3.8, 4) is 11.5 Å². The Morgan fingerprint density at radius 1 is 1.50 bits per heavy atom. The van der Waals surface area contributed by atoms with Gasteiger partial charge in [0.05, 0.1) is 13.7 Å². The second kappa shape index (κ2) is 6.50. The minimum Gasteiger partial charge on any atom is -0.508 e. The molecule has 0 heterocycles. The van der Waals surface area contributed by atoms with E-state index in [1.165, 1.54) is 6.42 Å². The van der Waals surface area contributed by atoms with Crippen LogP contribution in [0.2, 0.25) is 0 Å². The van der Waals surface area contributed by atoms with Gasteiger partial charge in [-0.2, -0.15) is 0 Å². The Kier molecular flexibility index (Phi) is 4.71. The van der Waals surface area contributed by atoms with E-state index in [9.17, 15) is 5.11 Å². The second-order valence-electron chi connectivity index (χ2n) is 5.15. The molecular weight excluding hydrogens is 254 g/mol. The van der Waals surface area contributed by atoms with Crippen LogP contribution in [0.3, 0.4) is 0 Å². The molecule has 2 rings (SSSR count). The zero-order valence-corrected chi connectivity index (χ0v) is 12.3. The summed E-state index contributed by atoms with van der Waals surface area (Å²) >= 11 is 0. The molecule has 1 saturated carbocycles. The molecule has 0 spiro atoms. The molecular formula is C15H23N3O2. The van der Waals surface area contributed by atoms with Gasteiger partial charge in [-0.3, -0.25) is 0 Å². The summed E-state index contributed by atoms with van der Waals surface area (Å²) in [4.78, 5) is 4.51. The maximum atomic E-state index is 9.84. The molecule has 1 aliphatic rings. The third kappa shape index (κ3) is 3.79. The third-order valence-electron chi connectivity index (χ3n) is 3.47. The molecule has 0 bridgehead atoms. The molecule has 1 fully saturated rings. The molecule has 2 atom stereocenters. The molecule has 5 nitrogen and oxygen atoms in total. The summed E-state index contributed by atoms with van der Waals surface area (Å²) < 4.78 is 5.16. The van der Waals surface area contributed by atoms with Crippen molar-refractivity contribution in [2.75, 3.05) is 13.7 Å². The molecule has 3 N–H and O–H groups in total. The van der Waals surface area contributed by atoms with Crippen LogP contribution in [0.4, 0.5) is 0 Å². The minimum absolute atomic E-state index is 0.241. The highest BCUT2D eigenvalue weighted by atomic mass is 16.5. The summed E-state index contributed by atoms with van der Waals surface area (Å²) in [5, 5.41) is 16.4. The Hall–Kier alpha value is -1.91. The van der Waals surface area contributed by atoms with E-state index < -0.39 is 0 Å². The Labute approximate surface area is 120 Å². The fraction of sp³-hybridized carbons (Fsp3) is 0.533. The number of nitrogens with zero attached hydrogens (tertiary/aromatic N) is 1. The van der Waals surface area contributed by atoms with Gasteiger partial charge >= 0.3 is 0 Å². The highest BCUT2D eigenvalue weighted by Gasteiger charge is 2.33. The van der Waals surface area contributed by atoms with Crippen LogP contribution in [0.15, 0.2) is 23.2 Å². The summed E-state index contributed by atoms with van der Waals surface area (Å²) in [6.07, 6.45) is 1.19. The molecule has 20 heavy (non-hydrogen) atoms. The number of methoxy groups -OCH3 is 1. The number of hydrogen-bond donors (Lipinski definition) is 3. The molecule has 0 aliphatic heterocycles. The zero-order valence-electron chi connectivity index (χ0n) is 12.3. The number of rotatable bonds is 5. The Morgan fingerprint density at radius 2 is 2.25 bits per heavy atom. The topological polar surface area (TPSA) is 65.9 Å². The maximum Gasteiger partial charge on any atom is 0.191 e. The SMILES string of the molecule is CCNC(=NCc1cc(OC)ccc1O)NC1CC1C. The van der Waals surface area contributed by atoms with E-state index in [-0.39, 0.29) is 5.75 Å². The highest BCUT2D eigenvalue weighted by molar-refractivity contribution is 5.80. The van der Waals surface area contributed by atoms with Gasteiger partial charge in [0.1, 0.15) is 11.5 Å². The quantitative estimate of drug-likeness (QED) is 0.568. The molecule has 2 unspecified atom stereocenters. The Balaban J connectivity index is 2.04. The standard InChI is InChI=1S/C15H23N3O2/c1-4-16-15(18-13-7-10(13)2)17-9-11-8-12(20-3)5-6-14(11)19/h5-6,8,10,13,19H,4,7,9H2,1-3H3,(H2,16,17,18). The first-order valence-electron chi connectivity index (χ1n) is 7.04. The van der Waals surface area contributed by atoms with Gasteiger partial charge in [-0.15, -0.1) is 0 Å². The first-order chi connectivity index (χ1) is 9.63. The predicted octanol–water partition coefficient (Wildman–Crippen LogP) is 1.86. The van der Waals surface area contributed by atoms with E-state index >= 15 is 0 Å². The number of ether oxygens (including phenoxy) is 1. The smallest absolute Gasteiger partial charge is 0.191 e. The van der Waals surface area contributed by atoms with Gasteiger partial charge in [0.25, 0.3) is 0 Å². The summed E-state index contributed by atoms with van der Waals surface area (Å²) in [7, 11) is 1.61. The Bertz CT molecular complexity index is 488. The summed E-state index contributed by atoms with van der Waals surface area (Å²) in [5.41, 5.74) is 0.755. The summed E-state index contributed by atoms with van der Waals surface area (Å²) in [6, 6.07) is 5.69. The lowest BCUT2D eigenvalue weighted by molar-refractivity contribution is 0.411. The van der Waals surface area contributed by atoms with Crippen LogP contribution in [-0.2, 0) is 6.54 Å². The fourth-order valence-corrected chi connectivity index (χ4v) is 2.00. The highest BCUT2D eigenvalue weighted by Crippen LogP contribution is 2.29. The lowest BCUT2D eigenvalue weighted by atomic mass is 10.2. The van der Waals surface area contributed by atoms with Gasteiger partial charge in [-0.1, -0.05) is 6.92 Å². The summed E-state index contributed by atoms with van der Waals surface area (Å²) in [5.74, 6) is 2.47. The van der Waals surface area contributed by atoms with Crippen LogP contribution in [-0.4, -0.2) is 30.8 Å². The second-order valence-corrected chi connectivity index (χ2v) is 5.15. The molecule has 110 valence electrons. The number of benzene rings is 1. The average Bonchev–Trinajstić information content (AvgIpc) is 3.13. The van der Waals surface area contributed by atoms with Gasteiger partial charge in [-0.05, 0) is 37.5 Å². The van der Waals surface area contributed by atoms with Crippen LogP contribution in [0.25, 0.3) is 0 Å². The Morgan fingerprint density at radius 3 is 2.85 bits per heavy atom. The van der Waals surface area contributed by atoms with E-state index in [0.29, 0.717) is 18.5 Å². The minimum atomic E-state index is 0.241. The maximum absolute atomic E-state index is 9.84. The first-order valence-corrected chi connectivity index (χ1v) is 7.04. The lowest BCUT2D eigenvalue weighted by Gasteiger charge is -2.11. The number of guanidine groups is 1. The first kappa shape index (κ1) is 14.5. The van der Waals surface area contributed by atoms with Crippen molar-refractivity contribution in [2.45, 2.75) is 32.9 Å². The van der Waals surface area contributed by atoms with Crippen molar-refractivity contribution < 1.29 is 9.84 Å². The number of phenolic OH excluding ortho intramolecular Hbond substituents is 1. The molecule has 1 aliphatic carbocycles. The summed E-state index contributed by atoms with van der Waals surface area (Å²) in [6.45, 7) is 5.49. The number of aromatic hydroxyl groups is 1. The van der Waals surface area contributed by atoms with Crippen molar-refractivity contribution in [1.82, 2.24) is 10.6 Å². The predicted molar refractivity (Wildman–Crippen MR) is 80.2 cm³/mol. The zero-order chi connectivity index (χ0) is 14.5. The third-order valence-corrected chi connectivity index (χ3v) is 3.47. The van der Waals surface area contributed by atoms with Crippen LogP contribution in [0.1, 0.15) is 25.8 Å². The van der Waals surface area contributed by atoms with Crippen LogP contribution >= 0.6 is 0 Å². The van der Waals surface area contributed by atoms with E-state index in [0.717, 1.165) is 23.8 Å². The van der Waals surface area contributed by atoms with Crippen molar-refractivity contribution >= 4 is 5.96 Å². The van der Waals surface area contributed by atoms with Gasteiger partial charge < -0.3 is 20.5 Å². The van der Waals surface area contributed by atoms with Gasteiger partial charge in [0, 0.05) is 18.2 Å². The number of phenols is 1. The average molecular weight is 277 g/mol. The number of aliphatic imine (C=N–C) groups is 1. The largest absolute Gasteiger partial charge is 0.508 e. The van der Waals surface area contributed by atoms with Crippen molar-refractivity contribution in [3.05, 3.63) is 23.8 Å². The van der Waals surface area contributed by atoms with Gasteiger partial charge in [0.15, 0.2) is 5.96 Å². The van der Waals surface area contributed by atoms with E-state index in [4.69, 9.17) is 4.74 Å².